The molecule has 0 bridgehead atoms. The minimum atomic E-state index is -0.0753. The van der Waals surface area contributed by atoms with Gasteiger partial charge in [0.05, 0.1) is 0 Å². The number of benzene rings is 2. The van der Waals surface area contributed by atoms with Gasteiger partial charge in [0, 0.05) is 29.2 Å². The van der Waals surface area contributed by atoms with Crippen LogP contribution in [-0.2, 0) is 0 Å². The van der Waals surface area contributed by atoms with Crippen molar-refractivity contribution in [2.75, 3.05) is 22.9 Å². The smallest absolute Gasteiger partial charge is 0.258 e. The molecule has 0 radical (unpaired) electrons. The summed E-state index contributed by atoms with van der Waals surface area (Å²) < 4.78 is 0. The Morgan fingerprint density at radius 2 is 1.67 bits per heavy atom. The number of carbonyl (C=O) groups excluding carboxylic acids is 1. The zero-order valence-electron chi connectivity index (χ0n) is 12.3. The van der Waals surface area contributed by atoms with Crippen LogP contribution in [0.25, 0.3) is 0 Å². The third kappa shape index (κ3) is 3.75. The van der Waals surface area contributed by atoms with Crippen LogP contribution in [0.1, 0.15) is 30.1 Å². The monoisotopic (exact) mass is 283 g/mol. The standard InChI is InChI=1S/C17H21N3O/c1-2-3-9-20(16-7-5-4-6-8-16)17(21)13-10-14(18)12-15(19)11-13/h4-8,10-12H,2-3,9,18-19H2,1H3. The highest BCUT2D eigenvalue weighted by Crippen LogP contribution is 2.20. The van der Waals surface area contributed by atoms with Crippen molar-refractivity contribution in [3.63, 3.8) is 0 Å². The SMILES string of the molecule is CCCCN(C(=O)c1cc(N)cc(N)c1)c1ccccc1. The first-order valence-corrected chi connectivity index (χ1v) is 7.14. The van der Waals surface area contributed by atoms with Crippen molar-refractivity contribution in [3.8, 4) is 0 Å². The van der Waals surface area contributed by atoms with Crippen LogP contribution in [0.3, 0.4) is 0 Å². The zero-order chi connectivity index (χ0) is 15.2. The van der Waals surface area contributed by atoms with E-state index in [1.165, 1.54) is 0 Å². The highest BCUT2D eigenvalue weighted by molar-refractivity contribution is 6.07. The molecule has 0 aliphatic carbocycles. The van der Waals surface area contributed by atoms with Crippen LogP contribution in [-0.4, -0.2) is 12.5 Å². The summed E-state index contributed by atoms with van der Waals surface area (Å²) in [5.41, 5.74) is 14.0. The number of nitrogens with zero attached hydrogens (tertiary/aromatic N) is 1. The molecule has 0 atom stereocenters. The summed E-state index contributed by atoms with van der Waals surface area (Å²) in [7, 11) is 0. The number of hydrogen-bond donors (Lipinski definition) is 2. The van der Waals surface area contributed by atoms with E-state index >= 15 is 0 Å². The predicted octanol–water partition coefficient (Wildman–Crippen LogP) is 3.30. The normalized spacial score (nSPS) is 10.3. The van der Waals surface area contributed by atoms with E-state index in [0.29, 0.717) is 23.5 Å². The quantitative estimate of drug-likeness (QED) is 0.827. The average Bonchev–Trinajstić information content (AvgIpc) is 2.47. The molecule has 4 heteroatoms. The van der Waals surface area contributed by atoms with Gasteiger partial charge in [0.15, 0.2) is 0 Å². The molecule has 4 nitrogen and oxygen atoms in total. The lowest BCUT2D eigenvalue weighted by Crippen LogP contribution is -2.32. The van der Waals surface area contributed by atoms with Crippen molar-refractivity contribution < 1.29 is 4.79 Å². The van der Waals surface area contributed by atoms with E-state index in [9.17, 15) is 4.79 Å². The van der Waals surface area contributed by atoms with Crippen molar-refractivity contribution in [1.29, 1.82) is 0 Å². The highest BCUT2D eigenvalue weighted by atomic mass is 16.2. The molecule has 4 N–H and O–H groups in total. The summed E-state index contributed by atoms with van der Waals surface area (Å²) in [4.78, 5) is 14.5. The highest BCUT2D eigenvalue weighted by Gasteiger charge is 2.17. The van der Waals surface area contributed by atoms with Gasteiger partial charge in [-0.15, -0.1) is 0 Å². The summed E-state index contributed by atoms with van der Waals surface area (Å²) in [6.45, 7) is 2.78. The molecule has 110 valence electrons. The fraction of sp³-hybridized carbons (Fsp3) is 0.235. The van der Waals surface area contributed by atoms with E-state index in [1.54, 1.807) is 23.1 Å². The first-order chi connectivity index (χ1) is 10.1. The van der Waals surface area contributed by atoms with E-state index in [4.69, 9.17) is 11.5 Å². The Balaban J connectivity index is 2.33. The molecule has 2 aromatic carbocycles. The van der Waals surface area contributed by atoms with Gasteiger partial charge < -0.3 is 16.4 Å². The second-order valence-electron chi connectivity index (χ2n) is 5.03. The molecule has 0 aliphatic heterocycles. The minimum Gasteiger partial charge on any atom is -0.399 e. The molecule has 2 aromatic rings. The van der Waals surface area contributed by atoms with E-state index in [1.807, 2.05) is 30.3 Å². The number of nitrogen functional groups attached to an aromatic ring is 2. The molecule has 0 aromatic heterocycles. The zero-order valence-corrected chi connectivity index (χ0v) is 12.3. The van der Waals surface area contributed by atoms with E-state index in [-0.39, 0.29) is 5.91 Å². The number of nitrogens with two attached hydrogens (primary N) is 2. The molecule has 0 unspecified atom stereocenters. The largest absolute Gasteiger partial charge is 0.399 e. The first-order valence-electron chi connectivity index (χ1n) is 7.14. The summed E-state index contributed by atoms with van der Waals surface area (Å²) in [6.07, 6.45) is 1.97. The van der Waals surface area contributed by atoms with Crippen LogP contribution in [0.15, 0.2) is 48.5 Å². The molecule has 0 aliphatic rings. The van der Waals surface area contributed by atoms with Gasteiger partial charge >= 0.3 is 0 Å². The lowest BCUT2D eigenvalue weighted by atomic mass is 10.1. The molecule has 0 heterocycles. The van der Waals surface area contributed by atoms with Crippen molar-refractivity contribution in [2.45, 2.75) is 19.8 Å². The Kier molecular flexibility index (Phi) is 4.82. The van der Waals surface area contributed by atoms with Crippen molar-refractivity contribution in [2.24, 2.45) is 0 Å². The Bertz CT molecular complexity index is 590. The maximum atomic E-state index is 12.8. The summed E-state index contributed by atoms with van der Waals surface area (Å²) >= 11 is 0. The molecule has 21 heavy (non-hydrogen) atoms. The van der Waals surface area contributed by atoms with Crippen LogP contribution < -0.4 is 16.4 Å². The fourth-order valence-electron chi connectivity index (χ4n) is 2.23. The number of rotatable bonds is 5. The van der Waals surface area contributed by atoms with Crippen molar-refractivity contribution in [1.82, 2.24) is 0 Å². The minimum absolute atomic E-state index is 0.0753. The maximum absolute atomic E-state index is 12.8. The molecule has 0 saturated carbocycles. The van der Waals surface area contributed by atoms with Gasteiger partial charge in [-0.25, -0.2) is 0 Å². The molecule has 0 fully saturated rings. The fourth-order valence-corrected chi connectivity index (χ4v) is 2.23. The Hall–Kier alpha value is -2.49. The Morgan fingerprint density at radius 3 is 2.24 bits per heavy atom. The molecular weight excluding hydrogens is 262 g/mol. The van der Waals surface area contributed by atoms with Crippen molar-refractivity contribution >= 4 is 23.0 Å². The van der Waals surface area contributed by atoms with E-state index in [0.717, 1.165) is 18.5 Å². The summed E-state index contributed by atoms with van der Waals surface area (Å²) in [5, 5.41) is 0. The third-order valence-corrected chi connectivity index (χ3v) is 3.27. The van der Waals surface area contributed by atoms with Gasteiger partial charge in [0.2, 0.25) is 0 Å². The van der Waals surface area contributed by atoms with Gasteiger partial charge in [-0.1, -0.05) is 31.5 Å². The summed E-state index contributed by atoms with van der Waals surface area (Å²) in [6, 6.07) is 14.6. The Morgan fingerprint density at radius 1 is 1.05 bits per heavy atom. The molecular formula is C17H21N3O. The second-order valence-corrected chi connectivity index (χ2v) is 5.03. The summed E-state index contributed by atoms with van der Waals surface area (Å²) in [5.74, 6) is -0.0753. The van der Waals surface area contributed by atoms with E-state index in [2.05, 4.69) is 6.92 Å². The second kappa shape index (κ2) is 6.79. The number of para-hydroxylation sites is 1. The topological polar surface area (TPSA) is 72.3 Å². The van der Waals surface area contributed by atoms with Gasteiger partial charge in [-0.3, -0.25) is 4.79 Å². The maximum Gasteiger partial charge on any atom is 0.258 e. The van der Waals surface area contributed by atoms with Gasteiger partial charge in [0.25, 0.3) is 5.91 Å². The van der Waals surface area contributed by atoms with Gasteiger partial charge in [-0.2, -0.15) is 0 Å². The van der Waals surface area contributed by atoms with Crippen LogP contribution in [0.4, 0.5) is 17.1 Å². The number of hydrogen-bond acceptors (Lipinski definition) is 3. The van der Waals surface area contributed by atoms with Crippen LogP contribution in [0.2, 0.25) is 0 Å². The molecule has 0 saturated heterocycles. The van der Waals surface area contributed by atoms with Crippen LogP contribution in [0.5, 0.6) is 0 Å². The van der Waals surface area contributed by atoms with Gasteiger partial charge in [0.1, 0.15) is 0 Å². The lowest BCUT2D eigenvalue weighted by Gasteiger charge is -2.23. The third-order valence-electron chi connectivity index (χ3n) is 3.27. The van der Waals surface area contributed by atoms with Crippen LogP contribution >= 0.6 is 0 Å². The average molecular weight is 283 g/mol. The predicted molar refractivity (Wildman–Crippen MR) is 88.3 cm³/mol. The van der Waals surface area contributed by atoms with Gasteiger partial charge in [-0.05, 0) is 36.8 Å². The molecule has 1 amide bonds. The van der Waals surface area contributed by atoms with E-state index < -0.39 is 0 Å². The van der Waals surface area contributed by atoms with Crippen LogP contribution in [0, 0.1) is 0 Å². The number of anilines is 3. The first kappa shape index (κ1) is 14.9. The van der Waals surface area contributed by atoms with Crippen molar-refractivity contribution in [3.05, 3.63) is 54.1 Å². The number of carbonyl (C=O) groups is 1. The number of amides is 1. The Labute approximate surface area is 125 Å². The lowest BCUT2D eigenvalue weighted by molar-refractivity contribution is 0.0986. The number of unbranched alkanes of at least 4 members (excludes halogenated alkanes) is 1. The molecule has 2 rings (SSSR count). The molecule has 0 spiro atoms.